The number of oxime groups is 1. The molecule has 1 heterocycles. The van der Waals surface area contributed by atoms with Crippen LogP contribution >= 0.6 is 11.3 Å². The van der Waals surface area contributed by atoms with Crippen LogP contribution in [0.15, 0.2) is 46.2 Å². The Hall–Kier alpha value is -2.52. The van der Waals surface area contributed by atoms with Gasteiger partial charge in [0.15, 0.2) is 12.4 Å². The van der Waals surface area contributed by atoms with Gasteiger partial charge in [-0.25, -0.2) is 0 Å². The normalized spacial score (nSPS) is 10.8. The van der Waals surface area contributed by atoms with E-state index in [9.17, 15) is 0 Å². The van der Waals surface area contributed by atoms with Gasteiger partial charge in [0.2, 0.25) is 0 Å². The van der Waals surface area contributed by atoms with Crippen LogP contribution in [0.1, 0.15) is 11.1 Å². The van der Waals surface area contributed by atoms with Crippen molar-refractivity contribution in [2.75, 3.05) is 13.2 Å². The Bertz CT molecular complexity index is 600. The van der Waals surface area contributed by atoms with Crippen LogP contribution in [0.3, 0.4) is 0 Å². The van der Waals surface area contributed by atoms with Crippen LogP contribution < -0.4 is 10.5 Å². The summed E-state index contributed by atoms with van der Waals surface area (Å²) in [7, 11) is 0. The molecule has 0 aliphatic carbocycles. The maximum absolute atomic E-state index is 8.67. The lowest BCUT2D eigenvalue weighted by Crippen LogP contribution is -2.14. The van der Waals surface area contributed by atoms with E-state index >= 15 is 0 Å². The molecule has 0 aliphatic heterocycles. The second kappa shape index (κ2) is 7.16. The third kappa shape index (κ3) is 4.00. The highest BCUT2D eigenvalue weighted by Crippen LogP contribution is 2.11. The van der Waals surface area contributed by atoms with Crippen molar-refractivity contribution in [3.63, 3.8) is 0 Å². The van der Waals surface area contributed by atoms with Crippen molar-refractivity contribution >= 4 is 17.2 Å². The number of nitriles is 1. The Morgan fingerprint density at radius 1 is 1.25 bits per heavy atom. The van der Waals surface area contributed by atoms with Crippen LogP contribution in [-0.2, 0) is 4.84 Å². The van der Waals surface area contributed by atoms with Crippen molar-refractivity contribution in [2.45, 2.75) is 0 Å². The summed E-state index contributed by atoms with van der Waals surface area (Å²) in [6.45, 7) is 0.650. The van der Waals surface area contributed by atoms with Gasteiger partial charge >= 0.3 is 0 Å². The summed E-state index contributed by atoms with van der Waals surface area (Å²) in [4.78, 5) is 5.08. The minimum Gasteiger partial charge on any atom is -0.490 e. The van der Waals surface area contributed by atoms with E-state index in [0.717, 1.165) is 5.56 Å². The molecule has 20 heavy (non-hydrogen) atoms. The van der Waals surface area contributed by atoms with E-state index in [2.05, 4.69) is 5.16 Å². The summed E-state index contributed by atoms with van der Waals surface area (Å²) < 4.78 is 5.44. The summed E-state index contributed by atoms with van der Waals surface area (Å²) in [6, 6.07) is 10.8. The number of amidine groups is 1. The number of rotatable bonds is 6. The zero-order chi connectivity index (χ0) is 14.2. The number of hydrogen-bond acceptors (Lipinski definition) is 5. The first-order valence-corrected chi connectivity index (χ1v) is 6.85. The molecule has 0 amide bonds. The van der Waals surface area contributed by atoms with Crippen molar-refractivity contribution < 1.29 is 9.57 Å². The lowest BCUT2D eigenvalue weighted by atomic mass is 10.2. The minimum absolute atomic E-state index is 0.296. The molecule has 5 nitrogen and oxygen atoms in total. The number of hydrogen-bond donors (Lipinski definition) is 1. The highest BCUT2D eigenvalue weighted by molar-refractivity contribution is 7.08. The average molecular weight is 287 g/mol. The van der Waals surface area contributed by atoms with E-state index in [4.69, 9.17) is 20.6 Å². The van der Waals surface area contributed by atoms with Crippen LogP contribution in [0.4, 0.5) is 0 Å². The molecule has 0 bridgehead atoms. The van der Waals surface area contributed by atoms with E-state index in [0.29, 0.717) is 30.4 Å². The van der Waals surface area contributed by atoms with Crippen LogP contribution in [0.5, 0.6) is 5.75 Å². The molecule has 0 saturated carbocycles. The van der Waals surface area contributed by atoms with Crippen LogP contribution in [-0.4, -0.2) is 19.0 Å². The average Bonchev–Trinajstić information content (AvgIpc) is 3.01. The fourth-order valence-corrected chi connectivity index (χ4v) is 2.05. The zero-order valence-electron chi connectivity index (χ0n) is 10.7. The Kier molecular flexibility index (Phi) is 4.98. The van der Waals surface area contributed by atoms with Gasteiger partial charge in [-0.1, -0.05) is 5.16 Å². The molecule has 0 fully saturated rings. The topological polar surface area (TPSA) is 80.6 Å². The van der Waals surface area contributed by atoms with Gasteiger partial charge in [-0.3, -0.25) is 0 Å². The van der Waals surface area contributed by atoms with Gasteiger partial charge < -0.3 is 15.3 Å². The van der Waals surface area contributed by atoms with E-state index in [1.54, 1.807) is 35.6 Å². The first-order chi connectivity index (χ1) is 9.79. The molecule has 0 unspecified atom stereocenters. The van der Waals surface area contributed by atoms with Crippen molar-refractivity contribution in [1.82, 2.24) is 0 Å². The van der Waals surface area contributed by atoms with Gasteiger partial charge in [0.1, 0.15) is 12.4 Å². The lowest BCUT2D eigenvalue weighted by Gasteiger charge is -2.05. The van der Waals surface area contributed by atoms with Gasteiger partial charge in [0, 0.05) is 10.9 Å². The van der Waals surface area contributed by atoms with E-state index < -0.39 is 0 Å². The molecule has 0 aliphatic rings. The first kappa shape index (κ1) is 13.9. The molecule has 0 atom stereocenters. The van der Waals surface area contributed by atoms with Gasteiger partial charge in [0.25, 0.3) is 0 Å². The molecule has 0 radical (unpaired) electrons. The summed E-state index contributed by atoms with van der Waals surface area (Å²) in [6.07, 6.45) is 0. The Balaban J connectivity index is 1.71. The molecule has 102 valence electrons. The van der Waals surface area contributed by atoms with Crippen molar-refractivity contribution in [2.24, 2.45) is 10.9 Å². The summed E-state index contributed by atoms with van der Waals surface area (Å²) in [5.41, 5.74) is 7.17. The fraction of sp³-hybridized carbons (Fsp3) is 0.143. The smallest absolute Gasteiger partial charge is 0.171 e. The van der Waals surface area contributed by atoms with Gasteiger partial charge in [0.05, 0.1) is 11.6 Å². The van der Waals surface area contributed by atoms with Gasteiger partial charge in [-0.05, 0) is 35.7 Å². The molecule has 0 saturated heterocycles. The number of nitrogens with zero attached hydrogens (tertiary/aromatic N) is 2. The predicted octanol–water partition coefficient (Wildman–Crippen LogP) is 2.34. The maximum Gasteiger partial charge on any atom is 0.171 e. The number of ether oxygens (including phenoxy) is 1. The quantitative estimate of drug-likeness (QED) is 0.383. The standard InChI is InChI=1S/C14H13N3O2S/c15-9-11-1-3-13(4-2-11)18-6-7-19-17-14(16)12-5-8-20-10-12/h1-5,8,10H,6-7H2,(H2,16,17). The Labute approximate surface area is 120 Å². The third-order valence-electron chi connectivity index (χ3n) is 2.41. The number of thiophene rings is 1. The largest absolute Gasteiger partial charge is 0.490 e. The summed E-state index contributed by atoms with van der Waals surface area (Å²) >= 11 is 1.55. The molecule has 2 aromatic rings. The fourth-order valence-electron chi connectivity index (χ4n) is 1.40. The monoisotopic (exact) mass is 287 g/mol. The van der Waals surface area contributed by atoms with E-state index in [-0.39, 0.29) is 0 Å². The first-order valence-electron chi connectivity index (χ1n) is 5.90. The summed E-state index contributed by atoms with van der Waals surface area (Å²) in [5, 5.41) is 16.3. The molecule has 6 heteroatoms. The molecular weight excluding hydrogens is 274 g/mol. The molecule has 2 N–H and O–H groups in total. The van der Waals surface area contributed by atoms with Crippen LogP contribution in [0.25, 0.3) is 0 Å². The highest BCUT2D eigenvalue weighted by atomic mass is 32.1. The highest BCUT2D eigenvalue weighted by Gasteiger charge is 1.99. The number of benzene rings is 1. The van der Waals surface area contributed by atoms with Crippen molar-refractivity contribution in [1.29, 1.82) is 5.26 Å². The number of nitrogens with two attached hydrogens (primary N) is 1. The van der Waals surface area contributed by atoms with Crippen LogP contribution in [0, 0.1) is 11.3 Å². The second-order valence-corrected chi connectivity index (χ2v) is 4.59. The van der Waals surface area contributed by atoms with Crippen molar-refractivity contribution in [3.05, 3.63) is 52.2 Å². The van der Waals surface area contributed by atoms with Crippen LogP contribution in [0.2, 0.25) is 0 Å². The molecule has 1 aromatic heterocycles. The molecule has 0 spiro atoms. The Morgan fingerprint density at radius 2 is 2.05 bits per heavy atom. The lowest BCUT2D eigenvalue weighted by molar-refractivity contribution is 0.107. The molecule has 1 aromatic carbocycles. The summed E-state index contributed by atoms with van der Waals surface area (Å²) in [5.74, 6) is 1.03. The van der Waals surface area contributed by atoms with E-state index in [1.165, 1.54) is 0 Å². The molecule has 2 rings (SSSR count). The Morgan fingerprint density at radius 3 is 2.70 bits per heavy atom. The maximum atomic E-state index is 8.67. The minimum atomic E-state index is 0.296. The predicted molar refractivity (Wildman–Crippen MR) is 77.6 cm³/mol. The second-order valence-electron chi connectivity index (χ2n) is 3.81. The molecular formula is C14H13N3O2S. The zero-order valence-corrected chi connectivity index (χ0v) is 11.5. The van der Waals surface area contributed by atoms with Crippen molar-refractivity contribution in [3.8, 4) is 11.8 Å². The SMILES string of the molecule is N#Cc1ccc(OCCO/N=C(\N)c2ccsc2)cc1. The third-order valence-corrected chi connectivity index (χ3v) is 3.09. The van der Waals surface area contributed by atoms with E-state index in [1.807, 2.05) is 22.9 Å². The van der Waals surface area contributed by atoms with Gasteiger partial charge in [-0.15, -0.1) is 0 Å². The van der Waals surface area contributed by atoms with Gasteiger partial charge in [-0.2, -0.15) is 16.6 Å².